The summed E-state index contributed by atoms with van der Waals surface area (Å²) in [7, 11) is 0. The summed E-state index contributed by atoms with van der Waals surface area (Å²) in [5.41, 5.74) is 1.37. The van der Waals surface area contributed by atoms with Gasteiger partial charge in [0.15, 0.2) is 0 Å². The molecule has 4 rings (SSSR count). The molecule has 0 unspecified atom stereocenters. The van der Waals surface area contributed by atoms with Crippen LogP contribution in [0.25, 0.3) is 9.88 Å². The summed E-state index contributed by atoms with van der Waals surface area (Å²) < 4.78 is 12.9. The van der Waals surface area contributed by atoms with Crippen LogP contribution in [0.3, 0.4) is 0 Å². The van der Waals surface area contributed by atoms with Crippen molar-refractivity contribution in [3.63, 3.8) is 0 Å². The zero-order chi connectivity index (χ0) is 20.9. The van der Waals surface area contributed by atoms with Crippen molar-refractivity contribution >= 4 is 40.2 Å². The molecule has 2 aromatic heterocycles. The lowest BCUT2D eigenvalue weighted by Crippen LogP contribution is -2.50. The topological polar surface area (TPSA) is 65.5 Å². The molecule has 0 bridgehead atoms. The average Bonchev–Trinajstić information content (AvgIpc) is 3.42. The third-order valence-electron chi connectivity index (χ3n) is 4.84. The van der Waals surface area contributed by atoms with E-state index in [9.17, 15) is 14.0 Å². The van der Waals surface area contributed by atoms with Crippen molar-refractivity contribution in [2.24, 2.45) is 0 Å². The molecule has 1 N–H and O–H groups in total. The van der Waals surface area contributed by atoms with Crippen molar-refractivity contribution < 1.29 is 14.0 Å². The monoisotopic (exact) mass is 444 g/mol. The van der Waals surface area contributed by atoms with Crippen molar-refractivity contribution in [2.75, 3.05) is 38.0 Å². The Labute approximate surface area is 182 Å². The summed E-state index contributed by atoms with van der Waals surface area (Å²) in [5, 5.41) is 7.67. The molecule has 30 heavy (non-hydrogen) atoms. The minimum Gasteiger partial charge on any atom is -0.340 e. The molecule has 0 atom stereocenters. The molecule has 0 spiro atoms. The summed E-state index contributed by atoms with van der Waals surface area (Å²) >= 11 is 3.20. The van der Waals surface area contributed by atoms with E-state index in [1.54, 1.807) is 22.7 Å². The number of hydrogen-bond donors (Lipinski definition) is 1. The number of halogens is 1. The fourth-order valence-electron chi connectivity index (χ4n) is 3.26. The summed E-state index contributed by atoms with van der Waals surface area (Å²) in [6.45, 7) is 2.70. The highest BCUT2D eigenvalue weighted by Crippen LogP contribution is 2.28. The van der Waals surface area contributed by atoms with Gasteiger partial charge in [0.05, 0.1) is 23.5 Å². The SMILES string of the molecule is O=C(CN1CCN(C(=O)Cc2csc(-c3cccs3)n2)CC1)Nc1ccc(F)cc1. The van der Waals surface area contributed by atoms with Gasteiger partial charge < -0.3 is 10.2 Å². The lowest BCUT2D eigenvalue weighted by Gasteiger charge is -2.34. The molecule has 1 aliphatic rings. The van der Waals surface area contributed by atoms with Crippen LogP contribution in [0.4, 0.5) is 10.1 Å². The Hall–Kier alpha value is -2.62. The van der Waals surface area contributed by atoms with Gasteiger partial charge in [-0.25, -0.2) is 9.37 Å². The van der Waals surface area contributed by atoms with Gasteiger partial charge in [0.25, 0.3) is 0 Å². The van der Waals surface area contributed by atoms with Gasteiger partial charge in [-0.15, -0.1) is 22.7 Å². The van der Waals surface area contributed by atoms with Crippen LogP contribution >= 0.6 is 22.7 Å². The Bertz CT molecular complexity index is 996. The first kappa shape index (κ1) is 20.6. The van der Waals surface area contributed by atoms with E-state index in [1.807, 2.05) is 32.7 Å². The fraction of sp³-hybridized carbons (Fsp3) is 0.286. The van der Waals surface area contributed by atoms with E-state index in [0.717, 1.165) is 15.6 Å². The number of carbonyl (C=O) groups excluding carboxylic acids is 2. The molecular weight excluding hydrogens is 423 g/mol. The van der Waals surface area contributed by atoms with E-state index in [0.29, 0.717) is 38.3 Å². The maximum absolute atomic E-state index is 12.9. The second-order valence-electron chi connectivity index (χ2n) is 7.01. The Kier molecular flexibility index (Phi) is 6.51. The Morgan fingerprint density at radius 2 is 1.83 bits per heavy atom. The first-order valence-electron chi connectivity index (χ1n) is 9.60. The van der Waals surface area contributed by atoms with Crippen molar-refractivity contribution in [3.8, 4) is 9.88 Å². The summed E-state index contributed by atoms with van der Waals surface area (Å²) in [6.07, 6.45) is 0.299. The number of hydrogen-bond acceptors (Lipinski definition) is 6. The second kappa shape index (κ2) is 9.46. The van der Waals surface area contributed by atoms with Crippen LogP contribution in [-0.2, 0) is 16.0 Å². The van der Waals surface area contributed by atoms with Crippen molar-refractivity contribution in [3.05, 3.63) is 58.7 Å². The molecular formula is C21H21FN4O2S2. The van der Waals surface area contributed by atoms with Crippen molar-refractivity contribution in [2.45, 2.75) is 6.42 Å². The number of thiophene rings is 1. The molecule has 1 aliphatic heterocycles. The number of carbonyl (C=O) groups is 2. The molecule has 156 valence electrons. The number of anilines is 1. The molecule has 0 aliphatic carbocycles. The number of aromatic nitrogens is 1. The van der Waals surface area contributed by atoms with Crippen molar-refractivity contribution in [1.82, 2.24) is 14.8 Å². The van der Waals surface area contributed by atoms with Gasteiger partial charge in [0.1, 0.15) is 10.8 Å². The zero-order valence-corrected chi connectivity index (χ0v) is 17.8. The maximum Gasteiger partial charge on any atom is 0.238 e. The van der Waals surface area contributed by atoms with Crippen LogP contribution in [-0.4, -0.2) is 59.3 Å². The minimum absolute atomic E-state index is 0.0634. The quantitative estimate of drug-likeness (QED) is 0.633. The van der Waals surface area contributed by atoms with Crippen LogP contribution in [0.1, 0.15) is 5.69 Å². The van der Waals surface area contributed by atoms with Gasteiger partial charge in [0.2, 0.25) is 11.8 Å². The molecule has 1 fully saturated rings. The normalized spacial score (nSPS) is 14.6. The number of nitrogens with one attached hydrogen (secondary N) is 1. The maximum atomic E-state index is 12.9. The molecule has 6 nitrogen and oxygen atoms in total. The summed E-state index contributed by atoms with van der Waals surface area (Å²) in [5.74, 6) is -0.424. The number of piperazine rings is 1. The summed E-state index contributed by atoms with van der Waals surface area (Å²) in [4.78, 5) is 34.4. The van der Waals surface area contributed by atoms with Crippen LogP contribution in [0, 0.1) is 5.82 Å². The highest BCUT2D eigenvalue weighted by atomic mass is 32.1. The minimum atomic E-state index is -0.339. The molecule has 1 saturated heterocycles. The summed E-state index contributed by atoms with van der Waals surface area (Å²) in [6, 6.07) is 9.71. The number of thiazole rings is 1. The Morgan fingerprint density at radius 1 is 1.07 bits per heavy atom. The Morgan fingerprint density at radius 3 is 2.53 bits per heavy atom. The van der Waals surface area contributed by atoms with E-state index < -0.39 is 0 Å². The van der Waals surface area contributed by atoms with Crippen LogP contribution in [0.5, 0.6) is 0 Å². The fourth-order valence-corrected chi connectivity index (χ4v) is 4.89. The van der Waals surface area contributed by atoms with E-state index >= 15 is 0 Å². The van der Waals surface area contributed by atoms with Gasteiger partial charge in [-0.3, -0.25) is 14.5 Å². The number of nitrogens with zero attached hydrogens (tertiary/aromatic N) is 3. The smallest absolute Gasteiger partial charge is 0.238 e. The molecule has 9 heteroatoms. The predicted molar refractivity (Wildman–Crippen MR) is 117 cm³/mol. The highest BCUT2D eigenvalue weighted by molar-refractivity contribution is 7.20. The van der Waals surface area contributed by atoms with Gasteiger partial charge in [-0.2, -0.15) is 0 Å². The number of amides is 2. The van der Waals surface area contributed by atoms with E-state index in [1.165, 1.54) is 24.3 Å². The predicted octanol–water partition coefficient (Wildman–Crippen LogP) is 3.34. The van der Waals surface area contributed by atoms with Crippen LogP contribution in [0.15, 0.2) is 47.2 Å². The van der Waals surface area contributed by atoms with Gasteiger partial charge in [0, 0.05) is 37.2 Å². The molecule has 0 radical (unpaired) electrons. The third kappa shape index (κ3) is 5.29. The molecule has 2 amide bonds. The first-order chi connectivity index (χ1) is 14.6. The lowest BCUT2D eigenvalue weighted by molar-refractivity contribution is -0.132. The first-order valence-corrected chi connectivity index (χ1v) is 11.4. The second-order valence-corrected chi connectivity index (χ2v) is 8.82. The molecule has 3 heterocycles. The van der Waals surface area contributed by atoms with Crippen LogP contribution in [0.2, 0.25) is 0 Å². The van der Waals surface area contributed by atoms with E-state index in [4.69, 9.17) is 0 Å². The third-order valence-corrected chi connectivity index (χ3v) is 6.77. The van der Waals surface area contributed by atoms with Gasteiger partial charge >= 0.3 is 0 Å². The van der Waals surface area contributed by atoms with E-state index in [2.05, 4.69) is 10.3 Å². The lowest BCUT2D eigenvalue weighted by atomic mass is 10.2. The number of benzene rings is 1. The highest BCUT2D eigenvalue weighted by Gasteiger charge is 2.23. The van der Waals surface area contributed by atoms with Crippen LogP contribution < -0.4 is 5.32 Å². The average molecular weight is 445 g/mol. The molecule has 3 aromatic rings. The van der Waals surface area contributed by atoms with Gasteiger partial charge in [-0.05, 0) is 35.7 Å². The van der Waals surface area contributed by atoms with E-state index in [-0.39, 0.29) is 24.2 Å². The molecule has 1 aromatic carbocycles. The molecule has 0 saturated carbocycles. The van der Waals surface area contributed by atoms with Crippen molar-refractivity contribution in [1.29, 1.82) is 0 Å². The zero-order valence-electron chi connectivity index (χ0n) is 16.2. The largest absolute Gasteiger partial charge is 0.340 e. The van der Waals surface area contributed by atoms with Gasteiger partial charge in [-0.1, -0.05) is 6.07 Å². The Balaban J connectivity index is 1.22. The number of rotatable bonds is 6. The standard InChI is InChI=1S/C21H21FN4O2S2/c22-15-3-5-16(6-4-15)23-19(27)13-25-7-9-26(10-8-25)20(28)12-17-14-30-21(24-17)18-2-1-11-29-18/h1-6,11,14H,7-10,12-13H2,(H,23,27).